The highest BCUT2D eigenvalue weighted by molar-refractivity contribution is 6.02. The smallest absolute Gasteiger partial charge is 0.220 e. The number of nitrogen functional groups attached to an aromatic ring is 1. The molecule has 1 rings (SSSR count). The normalized spacial score (nSPS) is 10.2. The molecule has 0 atom stereocenters. The van der Waals surface area contributed by atoms with E-state index in [4.69, 9.17) is 15.9 Å². The molecule has 0 heterocycles. The van der Waals surface area contributed by atoms with E-state index in [9.17, 15) is 4.79 Å². The number of anilines is 1. The first kappa shape index (κ1) is 8.70. The van der Waals surface area contributed by atoms with E-state index in [1.54, 1.807) is 12.1 Å². The van der Waals surface area contributed by atoms with Crippen molar-refractivity contribution in [1.29, 1.82) is 0 Å². The summed E-state index contributed by atoms with van der Waals surface area (Å²) in [5.74, 6) is -0.784. The number of carbonyl (C=O) groups is 1. The predicted molar refractivity (Wildman–Crippen MR) is 43.4 cm³/mol. The quantitative estimate of drug-likeness (QED) is 0.322. The van der Waals surface area contributed by atoms with Gasteiger partial charge in [0.15, 0.2) is 0 Å². The molecule has 0 unspecified atom stereocenters. The molecule has 0 amide bonds. The molecule has 0 aliphatic carbocycles. The number of benzene rings is 1. The van der Waals surface area contributed by atoms with Gasteiger partial charge in [0.2, 0.25) is 12.1 Å². The Morgan fingerprint density at radius 2 is 1.92 bits per heavy atom. The lowest BCUT2D eigenvalue weighted by atomic mass is 10.1. The fourth-order valence-electron chi connectivity index (χ4n) is 0.860. The van der Waals surface area contributed by atoms with Crippen molar-refractivity contribution >= 4 is 11.5 Å². The Labute approximate surface area is 69.3 Å². The van der Waals surface area contributed by atoms with E-state index in [2.05, 4.69) is 0 Å². The highest BCUT2D eigenvalue weighted by Gasteiger charge is 2.15. The van der Waals surface area contributed by atoms with Gasteiger partial charge in [-0.3, -0.25) is 4.79 Å². The van der Waals surface area contributed by atoms with Crippen LogP contribution in [-0.4, -0.2) is 22.3 Å². The zero-order valence-electron chi connectivity index (χ0n) is 6.27. The summed E-state index contributed by atoms with van der Waals surface area (Å²) in [4.78, 5) is 11.0. The first-order valence-electron chi connectivity index (χ1n) is 3.38. The van der Waals surface area contributed by atoms with Crippen LogP contribution in [0.3, 0.4) is 0 Å². The average molecular weight is 167 g/mol. The number of rotatable bonds is 2. The van der Waals surface area contributed by atoms with Gasteiger partial charge in [-0.05, 0) is 12.1 Å². The molecular formula is C8H9NO3. The molecule has 0 bridgehead atoms. The van der Waals surface area contributed by atoms with Crippen LogP contribution in [0.25, 0.3) is 0 Å². The van der Waals surface area contributed by atoms with Crippen LogP contribution in [0.1, 0.15) is 10.4 Å². The van der Waals surface area contributed by atoms with Gasteiger partial charge in [-0.25, -0.2) is 0 Å². The Balaban J connectivity index is 3.03. The average Bonchev–Trinajstić information content (AvgIpc) is 2.04. The minimum absolute atomic E-state index is 0.132. The van der Waals surface area contributed by atoms with Crippen LogP contribution in [0.5, 0.6) is 0 Å². The molecule has 4 heteroatoms. The van der Waals surface area contributed by atoms with E-state index in [0.717, 1.165) is 0 Å². The number of carbonyl (C=O) groups excluding carboxylic acids is 1. The summed E-state index contributed by atoms with van der Waals surface area (Å²) < 4.78 is 0. The van der Waals surface area contributed by atoms with Crippen LogP contribution in [0.4, 0.5) is 5.69 Å². The van der Waals surface area contributed by atoms with Crippen LogP contribution in [0, 0.1) is 0 Å². The van der Waals surface area contributed by atoms with Crippen molar-refractivity contribution in [2.24, 2.45) is 0 Å². The van der Waals surface area contributed by atoms with Gasteiger partial charge in [-0.2, -0.15) is 0 Å². The molecule has 0 spiro atoms. The fourth-order valence-corrected chi connectivity index (χ4v) is 0.860. The predicted octanol–water partition coefficient (Wildman–Crippen LogP) is -0.238. The Morgan fingerprint density at radius 3 is 2.42 bits per heavy atom. The molecule has 4 N–H and O–H groups in total. The standard InChI is InChI=1S/C8H9NO3/c9-6-4-2-1-3-5(6)7(10)8(11)12/h1-4,8,11-12H,9H2. The van der Waals surface area contributed by atoms with Gasteiger partial charge in [-0.15, -0.1) is 0 Å². The lowest BCUT2D eigenvalue weighted by molar-refractivity contribution is -0.0194. The molecule has 12 heavy (non-hydrogen) atoms. The first-order valence-corrected chi connectivity index (χ1v) is 3.38. The lowest BCUT2D eigenvalue weighted by Crippen LogP contribution is -2.20. The van der Waals surface area contributed by atoms with Crippen molar-refractivity contribution in [2.75, 3.05) is 5.73 Å². The number of Topliss-reactive ketones (excluding diaryl/α,β-unsaturated/α-hetero) is 1. The van der Waals surface area contributed by atoms with Crippen LogP contribution >= 0.6 is 0 Å². The molecule has 0 aliphatic rings. The summed E-state index contributed by atoms with van der Waals surface area (Å²) >= 11 is 0. The van der Waals surface area contributed by atoms with Crippen molar-refractivity contribution < 1.29 is 15.0 Å². The number of ketones is 1. The summed E-state index contributed by atoms with van der Waals surface area (Å²) in [6, 6.07) is 6.23. The molecular weight excluding hydrogens is 158 g/mol. The lowest BCUT2D eigenvalue weighted by Gasteiger charge is -2.04. The second-order valence-electron chi connectivity index (χ2n) is 2.33. The molecule has 0 radical (unpaired) electrons. The highest BCUT2D eigenvalue weighted by Crippen LogP contribution is 2.11. The minimum Gasteiger partial charge on any atom is -0.398 e. The number of aliphatic hydroxyl groups excluding tert-OH is 1. The van der Waals surface area contributed by atoms with E-state index >= 15 is 0 Å². The first-order chi connectivity index (χ1) is 5.63. The number of aliphatic hydroxyl groups is 2. The van der Waals surface area contributed by atoms with E-state index < -0.39 is 12.1 Å². The number of hydrogen-bond donors (Lipinski definition) is 3. The monoisotopic (exact) mass is 167 g/mol. The molecule has 0 aromatic heterocycles. The Kier molecular flexibility index (Phi) is 2.42. The Morgan fingerprint density at radius 1 is 1.33 bits per heavy atom. The second kappa shape index (κ2) is 3.34. The zero-order valence-corrected chi connectivity index (χ0v) is 6.27. The van der Waals surface area contributed by atoms with Gasteiger partial charge in [-0.1, -0.05) is 12.1 Å². The molecule has 1 aromatic rings. The molecule has 0 saturated heterocycles. The van der Waals surface area contributed by atoms with Gasteiger partial charge in [0, 0.05) is 11.3 Å². The molecule has 0 aliphatic heterocycles. The maximum Gasteiger partial charge on any atom is 0.220 e. The second-order valence-corrected chi connectivity index (χ2v) is 2.33. The molecule has 0 fully saturated rings. The van der Waals surface area contributed by atoms with E-state index in [0.29, 0.717) is 0 Å². The molecule has 0 saturated carbocycles. The fraction of sp³-hybridized carbons (Fsp3) is 0.125. The van der Waals surface area contributed by atoms with Crippen molar-refractivity contribution in [2.45, 2.75) is 6.29 Å². The van der Waals surface area contributed by atoms with Crippen molar-refractivity contribution in [3.8, 4) is 0 Å². The summed E-state index contributed by atoms with van der Waals surface area (Å²) in [7, 11) is 0. The maximum atomic E-state index is 11.0. The third kappa shape index (κ3) is 1.61. The van der Waals surface area contributed by atoms with Crippen molar-refractivity contribution in [1.82, 2.24) is 0 Å². The molecule has 1 aromatic carbocycles. The van der Waals surface area contributed by atoms with Crippen molar-refractivity contribution in [3.63, 3.8) is 0 Å². The topological polar surface area (TPSA) is 83.6 Å². The minimum atomic E-state index is -1.99. The number of para-hydroxylation sites is 1. The summed E-state index contributed by atoms with van der Waals surface area (Å²) in [6.45, 7) is 0. The Hall–Kier alpha value is -1.39. The van der Waals surface area contributed by atoms with Crippen LogP contribution in [-0.2, 0) is 0 Å². The van der Waals surface area contributed by atoms with E-state index in [1.807, 2.05) is 0 Å². The van der Waals surface area contributed by atoms with Crippen LogP contribution in [0.2, 0.25) is 0 Å². The third-order valence-electron chi connectivity index (χ3n) is 1.46. The molecule has 4 nitrogen and oxygen atoms in total. The zero-order chi connectivity index (χ0) is 9.14. The largest absolute Gasteiger partial charge is 0.398 e. The summed E-state index contributed by atoms with van der Waals surface area (Å²) in [5, 5.41) is 17.1. The van der Waals surface area contributed by atoms with Gasteiger partial charge < -0.3 is 15.9 Å². The summed E-state index contributed by atoms with van der Waals surface area (Å²) in [6.07, 6.45) is -1.99. The van der Waals surface area contributed by atoms with Crippen LogP contribution in [0.15, 0.2) is 24.3 Å². The van der Waals surface area contributed by atoms with E-state index in [1.165, 1.54) is 12.1 Å². The molecule has 64 valence electrons. The Bertz CT molecular complexity index is 296. The van der Waals surface area contributed by atoms with Gasteiger partial charge in [0.1, 0.15) is 0 Å². The summed E-state index contributed by atoms with van der Waals surface area (Å²) in [5.41, 5.74) is 5.79. The SMILES string of the molecule is Nc1ccccc1C(=O)C(O)O. The van der Waals surface area contributed by atoms with Crippen molar-refractivity contribution in [3.05, 3.63) is 29.8 Å². The maximum absolute atomic E-state index is 11.0. The van der Waals surface area contributed by atoms with E-state index in [-0.39, 0.29) is 11.3 Å². The third-order valence-corrected chi connectivity index (χ3v) is 1.46. The van der Waals surface area contributed by atoms with Gasteiger partial charge >= 0.3 is 0 Å². The highest BCUT2D eigenvalue weighted by atomic mass is 16.5. The number of nitrogens with two attached hydrogens (primary N) is 1. The van der Waals surface area contributed by atoms with Gasteiger partial charge in [0.05, 0.1) is 0 Å². The van der Waals surface area contributed by atoms with Gasteiger partial charge in [0.25, 0.3) is 0 Å². The number of hydrogen-bond acceptors (Lipinski definition) is 4. The van der Waals surface area contributed by atoms with Crippen LogP contribution < -0.4 is 5.73 Å².